The van der Waals surface area contributed by atoms with Gasteiger partial charge in [-0.1, -0.05) is 35.5 Å². The lowest BCUT2D eigenvalue weighted by Crippen LogP contribution is -2.49. The first-order valence-electron chi connectivity index (χ1n) is 16.1. The second kappa shape index (κ2) is 12.0. The Labute approximate surface area is 276 Å². The van der Waals surface area contributed by atoms with Crippen LogP contribution in [0.3, 0.4) is 0 Å². The van der Waals surface area contributed by atoms with Gasteiger partial charge >= 0.3 is 0 Å². The van der Waals surface area contributed by atoms with Crippen LogP contribution >= 0.6 is 0 Å². The Kier molecular flexibility index (Phi) is 7.39. The third-order valence-corrected chi connectivity index (χ3v) is 9.16. The van der Waals surface area contributed by atoms with Gasteiger partial charge in [-0.2, -0.15) is 10.2 Å². The van der Waals surface area contributed by atoms with Gasteiger partial charge in [0.1, 0.15) is 17.8 Å². The molecule has 4 aromatic heterocycles. The molecule has 1 fully saturated rings. The van der Waals surface area contributed by atoms with Crippen molar-refractivity contribution in [1.82, 2.24) is 49.4 Å². The summed E-state index contributed by atoms with van der Waals surface area (Å²) in [5.74, 6) is 0.647. The van der Waals surface area contributed by atoms with Gasteiger partial charge in [0.05, 0.1) is 41.3 Å². The molecule has 1 N–H and O–H groups in total. The smallest absolute Gasteiger partial charge is 0.257 e. The summed E-state index contributed by atoms with van der Waals surface area (Å²) in [6, 6.07) is 15.1. The van der Waals surface area contributed by atoms with Crippen LogP contribution < -0.4 is 10.2 Å². The number of amides is 2. The highest BCUT2D eigenvalue weighted by Crippen LogP contribution is 2.28. The van der Waals surface area contributed by atoms with E-state index in [9.17, 15) is 9.59 Å². The van der Waals surface area contributed by atoms with E-state index in [4.69, 9.17) is 5.10 Å². The van der Waals surface area contributed by atoms with Crippen molar-refractivity contribution in [2.75, 3.05) is 36.4 Å². The zero-order chi connectivity index (χ0) is 32.8. The monoisotopic (exact) mass is 642 g/mol. The second-order valence-electron chi connectivity index (χ2n) is 12.2. The number of para-hydroxylation sites is 1. The molecule has 0 unspecified atom stereocenters. The standard InChI is InChI=1S/C34H34N12O2/c1-22-10-11-23(17-25(22)33(47)38-24-7-4-3-5-8-24)27-19-45(41-39-27)20-28-30(29-9-6-12-46(29)40-28)34(48)44-15-13-43(14-16-44)32-26-18-37-42(2)31(26)35-21-36-32/h3-5,7-8,10-11,17-19,21H,6,9,12-16,20H2,1-2H3,(H,38,47). The number of carbonyl (C=O) groups excluding carboxylic acids is 2. The topological polar surface area (TPSA) is 145 Å². The molecular weight excluding hydrogens is 608 g/mol. The minimum Gasteiger partial charge on any atom is -0.352 e. The van der Waals surface area contributed by atoms with Gasteiger partial charge in [0.15, 0.2) is 5.65 Å². The van der Waals surface area contributed by atoms with E-state index >= 15 is 0 Å². The Balaban J connectivity index is 0.995. The maximum absolute atomic E-state index is 14.1. The number of anilines is 2. The molecule has 2 aliphatic rings. The number of aryl methyl sites for hydroxylation is 3. The largest absolute Gasteiger partial charge is 0.352 e. The number of piperazine rings is 1. The molecule has 0 saturated carbocycles. The van der Waals surface area contributed by atoms with E-state index < -0.39 is 0 Å². The minimum absolute atomic E-state index is 0.00467. The van der Waals surface area contributed by atoms with Crippen molar-refractivity contribution in [3.05, 3.63) is 95.3 Å². The number of fused-ring (bicyclic) bond motifs is 2. The molecule has 0 radical (unpaired) electrons. The van der Waals surface area contributed by atoms with Gasteiger partial charge in [-0.25, -0.2) is 14.6 Å². The molecule has 0 spiro atoms. The van der Waals surface area contributed by atoms with Gasteiger partial charge < -0.3 is 15.1 Å². The van der Waals surface area contributed by atoms with Gasteiger partial charge in [0, 0.05) is 56.6 Å². The predicted octanol–water partition coefficient (Wildman–Crippen LogP) is 3.34. The number of nitrogens with zero attached hydrogens (tertiary/aromatic N) is 11. The molecule has 8 rings (SSSR count). The zero-order valence-electron chi connectivity index (χ0n) is 26.7. The molecule has 2 aromatic carbocycles. The van der Waals surface area contributed by atoms with Crippen molar-refractivity contribution in [3.63, 3.8) is 0 Å². The summed E-state index contributed by atoms with van der Waals surface area (Å²) in [4.78, 5) is 40.2. The Morgan fingerprint density at radius 2 is 1.81 bits per heavy atom. The van der Waals surface area contributed by atoms with Crippen molar-refractivity contribution in [2.45, 2.75) is 32.9 Å². The molecular formula is C34H34N12O2. The Morgan fingerprint density at radius 3 is 2.65 bits per heavy atom. The molecule has 6 aromatic rings. The normalized spacial score (nSPS) is 14.5. The van der Waals surface area contributed by atoms with Crippen molar-refractivity contribution in [3.8, 4) is 11.3 Å². The first kappa shape index (κ1) is 29.5. The number of hydrogen-bond acceptors (Lipinski definition) is 9. The third-order valence-electron chi connectivity index (χ3n) is 9.16. The highest BCUT2D eigenvalue weighted by Gasteiger charge is 2.32. The lowest BCUT2D eigenvalue weighted by molar-refractivity contribution is 0.0744. The van der Waals surface area contributed by atoms with Gasteiger partial charge in [0.25, 0.3) is 11.8 Å². The van der Waals surface area contributed by atoms with Crippen LogP contribution in [0.1, 0.15) is 44.1 Å². The predicted molar refractivity (Wildman–Crippen MR) is 179 cm³/mol. The van der Waals surface area contributed by atoms with E-state index in [2.05, 4.69) is 35.6 Å². The summed E-state index contributed by atoms with van der Waals surface area (Å²) >= 11 is 0. The van der Waals surface area contributed by atoms with Gasteiger partial charge in [-0.3, -0.25) is 19.0 Å². The zero-order valence-corrected chi connectivity index (χ0v) is 26.7. The summed E-state index contributed by atoms with van der Waals surface area (Å²) in [6.07, 6.45) is 6.97. The summed E-state index contributed by atoms with van der Waals surface area (Å²) in [6.45, 7) is 5.44. The number of aromatic nitrogens is 9. The first-order valence-corrected chi connectivity index (χ1v) is 16.1. The van der Waals surface area contributed by atoms with Crippen molar-refractivity contribution in [2.24, 2.45) is 7.05 Å². The van der Waals surface area contributed by atoms with Crippen LogP contribution in [-0.4, -0.2) is 87.4 Å². The minimum atomic E-state index is -0.188. The number of carbonyl (C=O) groups is 2. The number of nitrogens with one attached hydrogen (secondary N) is 1. The first-order chi connectivity index (χ1) is 23.4. The molecule has 1 saturated heterocycles. The van der Waals surface area contributed by atoms with E-state index in [1.54, 1.807) is 21.9 Å². The molecule has 2 aliphatic heterocycles. The fraction of sp³-hybridized carbons (Fsp3) is 0.294. The molecule has 14 heteroatoms. The quantitative estimate of drug-likeness (QED) is 0.277. The van der Waals surface area contributed by atoms with Crippen LogP contribution in [0.25, 0.3) is 22.3 Å². The van der Waals surface area contributed by atoms with E-state index in [-0.39, 0.29) is 11.8 Å². The molecule has 0 aliphatic carbocycles. The van der Waals surface area contributed by atoms with Crippen LogP contribution in [0.15, 0.2) is 67.3 Å². The highest BCUT2D eigenvalue weighted by molar-refractivity contribution is 6.06. The van der Waals surface area contributed by atoms with Crippen LogP contribution in [0.5, 0.6) is 0 Å². The lowest BCUT2D eigenvalue weighted by atomic mass is 10.0. The van der Waals surface area contributed by atoms with Crippen LogP contribution in [0, 0.1) is 6.92 Å². The summed E-state index contributed by atoms with van der Waals surface area (Å²) in [7, 11) is 1.87. The number of benzene rings is 2. The Bertz CT molecular complexity index is 2160. The average Bonchev–Trinajstić information content (AvgIpc) is 3.91. The van der Waals surface area contributed by atoms with Crippen LogP contribution in [0.4, 0.5) is 11.5 Å². The molecule has 242 valence electrons. The van der Waals surface area contributed by atoms with Crippen LogP contribution in [-0.2, 0) is 26.6 Å². The van der Waals surface area contributed by atoms with Crippen molar-refractivity contribution in [1.29, 1.82) is 0 Å². The summed E-state index contributed by atoms with van der Waals surface area (Å²) in [5.41, 5.74) is 6.69. The fourth-order valence-corrected chi connectivity index (χ4v) is 6.63. The Morgan fingerprint density at radius 1 is 0.979 bits per heavy atom. The summed E-state index contributed by atoms with van der Waals surface area (Å²) in [5, 5.41) is 21.9. The van der Waals surface area contributed by atoms with E-state index in [0.717, 1.165) is 58.7 Å². The SMILES string of the molecule is Cc1ccc(-c2cn(Cc3nn4c(c3C(=O)N3CCN(c5ncnc6c5cnn6C)CC3)CCC4)nn2)cc1C(=O)Nc1ccccc1. The molecule has 0 bridgehead atoms. The van der Waals surface area contributed by atoms with Gasteiger partial charge in [-0.05, 0) is 43.5 Å². The second-order valence-corrected chi connectivity index (χ2v) is 12.2. The Hall–Kier alpha value is -5.92. The average molecular weight is 643 g/mol. The molecule has 6 heterocycles. The molecule has 48 heavy (non-hydrogen) atoms. The van der Waals surface area contributed by atoms with Gasteiger partial charge in [0.2, 0.25) is 0 Å². The van der Waals surface area contributed by atoms with Crippen molar-refractivity contribution >= 4 is 34.4 Å². The van der Waals surface area contributed by atoms with E-state index in [1.807, 2.05) is 78.3 Å². The molecule has 2 amide bonds. The number of rotatable bonds is 7. The molecule has 0 atom stereocenters. The number of hydrogen-bond donors (Lipinski definition) is 1. The maximum atomic E-state index is 14.1. The molecule has 14 nitrogen and oxygen atoms in total. The fourth-order valence-electron chi connectivity index (χ4n) is 6.63. The van der Waals surface area contributed by atoms with Crippen LogP contribution in [0.2, 0.25) is 0 Å². The maximum Gasteiger partial charge on any atom is 0.257 e. The van der Waals surface area contributed by atoms with E-state index in [1.165, 1.54) is 0 Å². The van der Waals surface area contributed by atoms with Gasteiger partial charge in [-0.15, -0.1) is 5.10 Å². The summed E-state index contributed by atoms with van der Waals surface area (Å²) < 4.78 is 5.42. The van der Waals surface area contributed by atoms with E-state index in [0.29, 0.717) is 55.2 Å². The van der Waals surface area contributed by atoms with Crippen molar-refractivity contribution < 1.29 is 9.59 Å². The third kappa shape index (κ3) is 5.34. The highest BCUT2D eigenvalue weighted by atomic mass is 16.2. The lowest BCUT2D eigenvalue weighted by Gasteiger charge is -2.35.